The minimum absolute atomic E-state index is 0.0371. The molecule has 1 aliphatic rings. The number of carbonyl (C=O) groups excluding carboxylic acids is 1. The third kappa shape index (κ3) is 2.60. The first-order valence-corrected chi connectivity index (χ1v) is 6.25. The minimum atomic E-state index is -0.0371. The zero-order valence-corrected chi connectivity index (χ0v) is 10.5. The van der Waals surface area contributed by atoms with Crippen molar-refractivity contribution in [3.8, 4) is 0 Å². The maximum absolute atomic E-state index is 12.1. The monoisotopic (exact) mass is 232 g/mol. The van der Waals surface area contributed by atoms with Crippen molar-refractivity contribution in [2.75, 3.05) is 5.73 Å². The fourth-order valence-corrected chi connectivity index (χ4v) is 2.47. The molecule has 0 radical (unpaired) electrons. The van der Waals surface area contributed by atoms with Crippen molar-refractivity contribution >= 4 is 11.6 Å². The van der Waals surface area contributed by atoms with E-state index in [-0.39, 0.29) is 5.91 Å². The largest absolute Gasteiger partial charge is 0.398 e. The van der Waals surface area contributed by atoms with Gasteiger partial charge in [0, 0.05) is 11.7 Å². The van der Waals surface area contributed by atoms with E-state index in [1.807, 2.05) is 19.1 Å². The first-order valence-electron chi connectivity index (χ1n) is 6.25. The second-order valence-electron chi connectivity index (χ2n) is 5.08. The van der Waals surface area contributed by atoms with Gasteiger partial charge < -0.3 is 11.1 Å². The van der Waals surface area contributed by atoms with E-state index in [2.05, 4.69) is 12.2 Å². The van der Waals surface area contributed by atoms with Gasteiger partial charge in [0.25, 0.3) is 5.91 Å². The van der Waals surface area contributed by atoms with Crippen molar-refractivity contribution in [2.24, 2.45) is 5.92 Å². The zero-order chi connectivity index (χ0) is 12.4. The number of anilines is 1. The van der Waals surface area contributed by atoms with E-state index in [1.54, 1.807) is 6.07 Å². The molecule has 0 aliphatic heterocycles. The summed E-state index contributed by atoms with van der Waals surface area (Å²) in [5, 5.41) is 3.09. The molecule has 3 nitrogen and oxygen atoms in total. The number of rotatable bonds is 2. The molecule has 3 N–H and O–H groups in total. The lowest BCUT2D eigenvalue weighted by atomic mass is 10.0. The van der Waals surface area contributed by atoms with Crippen LogP contribution < -0.4 is 11.1 Å². The standard InChI is InChI=1S/C14H20N2O/c1-9-6-7-12(15)11(8-9)14(17)16-13-5-3-4-10(13)2/h6-8,10,13H,3-5,15H2,1-2H3,(H,16,17). The molecule has 1 aromatic rings. The average Bonchev–Trinajstić information content (AvgIpc) is 2.68. The van der Waals surface area contributed by atoms with E-state index >= 15 is 0 Å². The minimum Gasteiger partial charge on any atom is -0.398 e. The molecule has 1 aliphatic carbocycles. The summed E-state index contributed by atoms with van der Waals surface area (Å²) in [7, 11) is 0. The number of hydrogen-bond donors (Lipinski definition) is 2. The van der Waals surface area contributed by atoms with Crippen LogP contribution in [0.3, 0.4) is 0 Å². The Morgan fingerprint density at radius 1 is 1.41 bits per heavy atom. The Bertz CT molecular complexity index is 428. The fourth-order valence-electron chi connectivity index (χ4n) is 2.47. The van der Waals surface area contributed by atoms with E-state index in [0.717, 1.165) is 12.0 Å². The van der Waals surface area contributed by atoms with E-state index in [4.69, 9.17) is 5.73 Å². The third-order valence-corrected chi connectivity index (χ3v) is 3.63. The molecule has 2 atom stereocenters. The molecule has 92 valence electrons. The van der Waals surface area contributed by atoms with Crippen molar-refractivity contribution in [1.29, 1.82) is 0 Å². The van der Waals surface area contributed by atoms with Gasteiger partial charge in [0.1, 0.15) is 0 Å². The van der Waals surface area contributed by atoms with Crippen molar-refractivity contribution in [3.05, 3.63) is 29.3 Å². The second-order valence-corrected chi connectivity index (χ2v) is 5.08. The van der Waals surface area contributed by atoms with Gasteiger partial charge in [-0.25, -0.2) is 0 Å². The number of aryl methyl sites for hydroxylation is 1. The van der Waals surface area contributed by atoms with Crippen molar-refractivity contribution < 1.29 is 4.79 Å². The van der Waals surface area contributed by atoms with Gasteiger partial charge in [-0.1, -0.05) is 25.0 Å². The molecule has 0 aromatic heterocycles. The van der Waals surface area contributed by atoms with Crippen LogP contribution in [0, 0.1) is 12.8 Å². The Balaban J connectivity index is 2.11. The van der Waals surface area contributed by atoms with E-state index < -0.39 is 0 Å². The Morgan fingerprint density at radius 2 is 2.18 bits per heavy atom. The molecule has 0 saturated heterocycles. The van der Waals surface area contributed by atoms with Crippen LogP contribution in [0.2, 0.25) is 0 Å². The first kappa shape index (κ1) is 12.0. The second kappa shape index (κ2) is 4.78. The number of benzene rings is 1. The highest BCUT2D eigenvalue weighted by molar-refractivity contribution is 5.99. The summed E-state index contributed by atoms with van der Waals surface area (Å²) in [6.45, 7) is 4.16. The van der Waals surface area contributed by atoms with Gasteiger partial charge in [0.15, 0.2) is 0 Å². The molecule has 3 heteroatoms. The van der Waals surface area contributed by atoms with Gasteiger partial charge in [-0.2, -0.15) is 0 Å². The molecule has 17 heavy (non-hydrogen) atoms. The predicted molar refractivity (Wildman–Crippen MR) is 69.9 cm³/mol. The zero-order valence-electron chi connectivity index (χ0n) is 10.5. The van der Waals surface area contributed by atoms with Crippen LogP contribution in [-0.4, -0.2) is 11.9 Å². The van der Waals surface area contributed by atoms with Gasteiger partial charge in [-0.3, -0.25) is 4.79 Å². The van der Waals surface area contributed by atoms with Crippen LogP contribution in [0.15, 0.2) is 18.2 Å². The number of nitrogen functional groups attached to an aromatic ring is 1. The molecule has 2 rings (SSSR count). The van der Waals surface area contributed by atoms with E-state index in [9.17, 15) is 4.79 Å². The predicted octanol–water partition coefficient (Wildman–Crippen LogP) is 2.50. The molecule has 1 fully saturated rings. The summed E-state index contributed by atoms with van der Waals surface area (Å²) in [4.78, 5) is 12.1. The summed E-state index contributed by atoms with van der Waals surface area (Å²) in [6, 6.07) is 5.87. The summed E-state index contributed by atoms with van der Waals surface area (Å²) in [6.07, 6.45) is 3.49. The highest BCUT2D eigenvalue weighted by atomic mass is 16.1. The summed E-state index contributed by atoms with van der Waals surface area (Å²) in [5.74, 6) is 0.537. The van der Waals surface area contributed by atoms with Crippen LogP contribution in [-0.2, 0) is 0 Å². The average molecular weight is 232 g/mol. The maximum atomic E-state index is 12.1. The number of nitrogens with one attached hydrogen (secondary N) is 1. The Hall–Kier alpha value is -1.51. The Labute approximate surface area is 102 Å². The van der Waals surface area contributed by atoms with Crippen molar-refractivity contribution in [3.63, 3.8) is 0 Å². The quantitative estimate of drug-likeness (QED) is 0.770. The molecule has 1 aromatic carbocycles. The lowest BCUT2D eigenvalue weighted by molar-refractivity contribution is 0.0930. The van der Waals surface area contributed by atoms with E-state index in [0.29, 0.717) is 23.2 Å². The van der Waals surface area contributed by atoms with E-state index in [1.165, 1.54) is 12.8 Å². The van der Waals surface area contributed by atoms with Crippen LogP contribution in [0.1, 0.15) is 42.1 Å². The summed E-state index contributed by atoms with van der Waals surface area (Å²) >= 11 is 0. The number of amides is 1. The fraction of sp³-hybridized carbons (Fsp3) is 0.500. The van der Waals surface area contributed by atoms with Crippen LogP contribution in [0.25, 0.3) is 0 Å². The van der Waals surface area contributed by atoms with Crippen LogP contribution >= 0.6 is 0 Å². The molecule has 1 amide bonds. The van der Waals surface area contributed by atoms with Crippen LogP contribution in [0.4, 0.5) is 5.69 Å². The molecule has 2 unspecified atom stereocenters. The topological polar surface area (TPSA) is 55.1 Å². The molecule has 0 spiro atoms. The highest BCUT2D eigenvalue weighted by Crippen LogP contribution is 2.25. The Morgan fingerprint density at radius 3 is 2.82 bits per heavy atom. The number of hydrogen-bond acceptors (Lipinski definition) is 2. The van der Waals surface area contributed by atoms with Gasteiger partial charge in [-0.15, -0.1) is 0 Å². The van der Waals surface area contributed by atoms with Crippen molar-refractivity contribution in [1.82, 2.24) is 5.32 Å². The van der Waals surface area contributed by atoms with Gasteiger partial charge in [0.05, 0.1) is 5.56 Å². The van der Waals surface area contributed by atoms with Crippen molar-refractivity contribution in [2.45, 2.75) is 39.2 Å². The Kier molecular flexibility index (Phi) is 3.36. The molecular formula is C14H20N2O. The van der Waals surface area contributed by atoms with Crippen LogP contribution in [0.5, 0.6) is 0 Å². The lowest BCUT2D eigenvalue weighted by Gasteiger charge is -2.18. The maximum Gasteiger partial charge on any atom is 0.253 e. The number of nitrogens with two attached hydrogens (primary N) is 1. The summed E-state index contributed by atoms with van der Waals surface area (Å²) < 4.78 is 0. The third-order valence-electron chi connectivity index (χ3n) is 3.63. The van der Waals surface area contributed by atoms with Gasteiger partial charge in [-0.05, 0) is 37.8 Å². The highest BCUT2D eigenvalue weighted by Gasteiger charge is 2.25. The first-order chi connectivity index (χ1) is 8.08. The normalized spacial score (nSPS) is 23.6. The smallest absolute Gasteiger partial charge is 0.253 e. The SMILES string of the molecule is Cc1ccc(N)c(C(=O)NC2CCCC2C)c1. The molecular weight excluding hydrogens is 212 g/mol. The molecule has 0 heterocycles. The summed E-state index contributed by atoms with van der Waals surface area (Å²) in [5.41, 5.74) is 8.05. The van der Waals surface area contributed by atoms with Gasteiger partial charge in [0.2, 0.25) is 0 Å². The molecule has 1 saturated carbocycles. The number of carbonyl (C=O) groups is 1. The molecule has 0 bridgehead atoms. The van der Waals surface area contributed by atoms with Gasteiger partial charge >= 0.3 is 0 Å². The lowest BCUT2D eigenvalue weighted by Crippen LogP contribution is -2.36.